The quantitative estimate of drug-likeness (QED) is 0.721. The monoisotopic (exact) mass is 285 g/mol. The third kappa shape index (κ3) is 3.21. The maximum absolute atomic E-state index is 12.4. The van der Waals surface area contributed by atoms with Crippen LogP contribution in [0.15, 0.2) is 0 Å². The lowest BCUT2D eigenvalue weighted by Crippen LogP contribution is -2.52. The molecule has 0 radical (unpaired) electrons. The van der Waals surface area contributed by atoms with Crippen molar-refractivity contribution in [2.75, 3.05) is 52.4 Å². The van der Waals surface area contributed by atoms with E-state index in [1.54, 1.807) is 9.80 Å². The number of carboxylic acid groups (broad SMARTS) is 1. The molecule has 2 rings (SSSR count). The van der Waals surface area contributed by atoms with E-state index < -0.39 is 11.9 Å². The van der Waals surface area contributed by atoms with Gasteiger partial charge in [0.15, 0.2) is 0 Å². The highest BCUT2D eigenvalue weighted by Gasteiger charge is 2.38. The van der Waals surface area contributed by atoms with Gasteiger partial charge >= 0.3 is 12.0 Å². The highest BCUT2D eigenvalue weighted by molar-refractivity contribution is 5.77. The van der Waals surface area contributed by atoms with Crippen molar-refractivity contribution in [1.29, 1.82) is 0 Å². The van der Waals surface area contributed by atoms with Gasteiger partial charge in [-0.2, -0.15) is 0 Å². The minimum Gasteiger partial charge on any atom is -0.481 e. The van der Waals surface area contributed by atoms with Crippen LogP contribution < -0.4 is 0 Å². The Labute approximate surface area is 118 Å². The van der Waals surface area contributed by atoms with E-state index in [9.17, 15) is 9.59 Å². The second-order valence-corrected chi connectivity index (χ2v) is 5.66. The second kappa shape index (κ2) is 6.41. The number of aliphatic carboxylic acids is 1. The van der Waals surface area contributed by atoms with E-state index >= 15 is 0 Å². The molecular weight excluding hydrogens is 262 g/mol. The number of β-amino-alcohol motifs (C(OH)–C–C–N with tert-alkyl or cyclic N) is 1. The molecule has 0 aliphatic carbocycles. The lowest BCUT2D eigenvalue weighted by atomic mass is 9.99. The molecule has 2 heterocycles. The molecule has 2 amide bonds. The summed E-state index contributed by atoms with van der Waals surface area (Å²) in [6.45, 7) is 6.30. The van der Waals surface area contributed by atoms with E-state index in [4.69, 9.17) is 10.2 Å². The van der Waals surface area contributed by atoms with E-state index in [1.165, 1.54) is 0 Å². The molecular formula is C13H23N3O4. The number of piperazine rings is 1. The summed E-state index contributed by atoms with van der Waals surface area (Å²) >= 11 is 0. The van der Waals surface area contributed by atoms with Crippen LogP contribution in [0.25, 0.3) is 0 Å². The van der Waals surface area contributed by atoms with Gasteiger partial charge in [-0.3, -0.25) is 9.69 Å². The maximum atomic E-state index is 12.4. The smallest absolute Gasteiger partial charge is 0.320 e. The van der Waals surface area contributed by atoms with Crippen molar-refractivity contribution in [3.8, 4) is 0 Å². The van der Waals surface area contributed by atoms with Crippen LogP contribution in [0.3, 0.4) is 0 Å². The van der Waals surface area contributed by atoms with E-state index in [2.05, 4.69) is 4.90 Å². The van der Waals surface area contributed by atoms with Crippen LogP contribution in [-0.4, -0.2) is 89.3 Å². The molecule has 114 valence electrons. The lowest BCUT2D eigenvalue weighted by Gasteiger charge is -2.36. The number of nitrogens with zero attached hydrogens (tertiary/aromatic N) is 3. The van der Waals surface area contributed by atoms with Crippen molar-refractivity contribution in [2.45, 2.75) is 6.92 Å². The van der Waals surface area contributed by atoms with Crippen molar-refractivity contribution < 1.29 is 19.8 Å². The zero-order valence-corrected chi connectivity index (χ0v) is 11.9. The van der Waals surface area contributed by atoms with E-state index in [0.717, 1.165) is 13.1 Å². The first-order valence-corrected chi connectivity index (χ1v) is 7.12. The van der Waals surface area contributed by atoms with Crippen LogP contribution in [0.4, 0.5) is 4.79 Å². The van der Waals surface area contributed by atoms with E-state index in [0.29, 0.717) is 32.7 Å². The summed E-state index contributed by atoms with van der Waals surface area (Å²) in [4.78, 5) is 29.0. The number of amides is 2. The molecule has 0 spiro atoms. The number of carbonyl (C=O) groups excluding carboxylic acids is 1. The van der Waals surface area contributed by atoms with Gasteiger partial charge in [0.1, 0.15) is 0 Å². The summed E-state index contributed by atoms with van der Waals surface area (Å²) < 4.78 is 0. The van der Waals surface area contributed by atoms with Crippen molar-refractivity contribution in [2.24, 2.45) is 11.8 Å². The fourth-order valence-corrected chi connectivity index (χ4v) is 2.95. The molecule has 2 unspecified atom stereocenters. The van der Waals surface area contributed by atoms with Crippen LogP contribution >= 0.6 is 0 Å². The lowest BCUT2D eigenvalue weighted by molar-refractivity contribution is -0.142. The van der Waals surface area contributed by atoms with Crippen LogP contribution in [0, 0.1) is 11.8 Å². The van der Waals surface area contributed by atoms with E-state index in [-0.39, 0.29) is 18.6 Å². The molecule has 0 saturated carbocycles. The molecule has 0 aromatic carbocycles. The van der Waals surface area contributed by atoms with Crippen molar-refractivity contribution in [3.05, 3.63) is 0 Å². The first kappa shape index (κ1) is 15.1. The third-order valence-electron chi connectivity index (χ3n) is 4.26. The number of urea groups is 1. The molecule has 7 nitrogen and oxygen atoms in total. The largest absolute Gasteiger partial charge is 0.481 e. The Bertz CT molecular complexity index is 369. The molecule has 20 heavy (non-hydrogen) atoms. The number of aliphatic hydroxyl groups excluding tert-OH is 1. The predicted octanol–water partition coefficient (Wildman–Crippen LogP) is -0.631. The van der Waals surface area contributed by atoms with Crippen molar-refractivity contribution >= 4 is 12.0 Å². The van der Waals surface area contributed by atoms with E-state index in [1.807, 2.05) is 6.92 Å². The molecule has 2 aliphatic heterocycles. The molecule has 2 fully saturated rings. The standard InChI is InChI=1S/C13H23N3O4/c1-10-8-16(9-11(10)12(18)19)13(20)15-4-2-14(3-5-15)6-7-17/h10-11,17H,2-9H2,1H3,(H,18,19). The van der Waals surface area contributed by atoms with Gasteiger partial charge in [-0.05, 0) is 5.92 Å². The summed E-state index contributed by atoms with van der Waals surface area (Å²) in [7, 11) is 0. The molecule has 0 aromatic heterocycles. The van der Waals surface area contributed by atoms with Crippen LogP contribution in [0.5, 0.6) is 0 Å². The molecule has 0 aromatic rings. The molecule has 2 N–H and O–H groups in total. The second-order valence-electron chi connectivity index (χ2n) is 5.66. The van der Waals surface area contributed by atoms with Gasteiger partial charge in [0.2, 0.25) is 0 Å². The first-order valence-electron chi connectivity index (χ1n) is 7.12. The van der Waals surface area contributed by atoms with Crippen LogP contribution in [0.1, 0.15) is 6.92 Å². The average molecular weight is 285 g/mol. The Morgan fingerprint density at radius 2 is 1.75 bits per heavy atom. The van der Waals surface area contributed by atoms with Crippen LogP contribution in [-0.2, 0) is 4.79 Å². The van der Waals surface area contributed by atoms with Gasteiger partial charge in [-0.1, -0.05) is 6.92 Å². The minimum atomic E-state index is -0.819. The Kier molecular flexibility index (Phi) is 4.82. The Balaban J connectivity index is 1.85. The Morgan fingerprint density at radius 3 is 2.25 bits per heavy atom. The molecule has 2 atom stereocenters. The first-order chi connectivity index (χ1) is 9.52. The number of hydrogen-bond acceptors (Lipinski definition) is 4. The van der Waals surface area contributed by atoms with Gasteiger partial charge in [-0.15, -0.1) is 0 Å². The van der Waals surface area contributed by atoms with Crippen LogP contribution in [0.2, 0.25) is 0 Å². The normalized spacial score (nSPS) is 27.9. The molecule has 0 bridgehead atoms. The molecule has 7 heteroatoms. The fraction of sp³-hybridized carbons (Fsp3) is 0.846. The maximum Gasteiger partial charge on any atom is 0.320 e. The minimum absolute atomic E-state index is 0.00660. The zero-order chi connectivity index (χ0) is 14.7. The summed E-state index contributed by atoms with van der Waals surface area (Å²) in [6.07, 6.45) is 0. The number of likely N-dealkylation sites (tertiary alicyclic amines) is 1. The van der Waals surface area contributed by atoms with Gasteiger partial charge in [-0.25, -0.2) is 4.79 Å². The topological polar surface area (TPSA) is 84.3 Å². The van der Waals surface area contributed by atoms with Gasteiger partial charge in [0.25, 0.3) is 0 Å². The number of aliphatic hydroxyl groups is 1. The third-order valence-corrected chi connectivity index (χ3v) is 4.26. The van der Waals surface area contributed by atoms with Crippen molar-refractivity contribution in [3.63, 3.8) is 0 Å². The Morgan fingerprint density at radius 1 is 1.10 bits per heavy atom. The van der Waals surface area contributed by atoms with Crippen molar-refractivity contribution in [1.82, 2.24) is 14.7 Å². The van der Waals surface area contributed by atoms with Gasteiger partial charge in [0, 0.05) is 45.8 Å². The molecule has 2 saturated heterocycles. The summed E-state index contributed by atoms with van der Waals surface area (Å²) in [6, 6.07) is -0.0516. The Hall–Kier alpha value is -1.34. The van der Waals surface area contributed by atoms with Gasteiger partial charge < -0.3 is 20.0 Å². The zero-order valence-electron chi connectivity index (χ0n) is 11.9. The predicted molar refractivity (Wildman–Crippen MR) is 72.4 cm³/mol. The molecule has 2 aliphatic rings. The summed E-state index contributed by atoms with van der Waals surface area (Å²) in [5, 5.41) is 18.0. The average Bonchev–Trinajstić information content (AvgIpc) is 2.81. The highest BCUT2D eigenvalue weighted by Crippen LogP contribution is 2.24. The number of carbonyl (C=O) groups is 2. The number of rotatable bonds is 3. The summed E-state index contributed by atoms with van der Waals surface area (Å²) in [5.41, 5.74) is 0. The fourth-order valence-electron chi connectivity index (χ4n) is 2.95. The number of carboxylic acids is 1. The number of hydrogen-bond donors (Lipinski definition) is 2. The summed E-state index contributed by atoms with van der Waals surface area (Å²) in [5.74, 6) is -1.26. The van der Waals surface area contributed by atoms with Gasteiger partial charge in [0.05, 0.1) is 12.5 Å². The SMILES string of the molecule is CC1CN(C(=O)N2CCN(CCO)CC2)CC1C(=O)O. The highest BCUT2D eigenvalue weighted by atomic mass is 16.4.